The van der Waals surface area contributed by atoms with Gasteiger partial charge in [-0.25, -0.2) is 18.8 Å². The van der Waals surface area contributed by atoms with E-state index in [9.17, 15) is 42.8 Å². The number of nitriles is 2. The summed E-state index contributed by atoms with van der Waals surface area (Å²) >= 11 is 6.13. The zero-order valence-electron chi connectivity index (χ0n) is 55.5. The fraction of sp³-hybridized carbons (Fsp3) is 0.862. The molecule has 0 saturated carbocycles. The molecule has 1 heterocycles. The summed E-state index contributed by atoms with van der Waals surface area (Å²) in [6.45, 7) is 26.9. The van der Waals surface area contributed by atoms with Gasteiger partial charge in [-0.05, 0) is 172 Å². The fourth-order valence-corrected chi connectivity index (χ4v) is 10.7. The minimum Gasteiger partial charge on any atom is -0.756 e. The van der Waals surface area contributed by atoms with Gasteiger partial charge in [0, 0.05) is 70.5 Å². The summed E-state index contributed by atoms with van der Waals surface area (Å²) in [4.78, 5) is 75.9. The third kappa shape index (κ3) is 77.0. The van der Waals surface area contributed by atoms with Crippen LogP contribution in [0.4, 0.5) is 9.59 Å². The summed E-state index contributed by atoms with van der Waals surface area (Å²) < 4.78 is 71.0. The van der Waals surface area contributed by atoms with Gasteiger partial charge in [0.1, 0.15) is 28.6 Å². The van der Waals surface area contributed by atoms with E-state index in [0.717, 1.165) is 64.2 Å². The van der Waals surface area contributed by atoms with E-state index in [2.05, 4.69) is 57.8 Å². The Morgan fingerprint density at radius 2 is 1.05 bits per heavy atom. The SMILES string of the molecule is CC(=O)CCCCCO.CC(=O)CCCCCOP(=O)(OCCC#N)OCCCNC(=O)OC(C)(C)C.CC(=O)CCCCCOP(=O)([O-])OCCC[NH3+].CC(C)(C)OC(=O)NCCCO.CC(C)N(C(C)C)P(Cl)OCCC#N.O=C1CCCCCO1. The van der Waals surface area contributed by atoms with Crippen molar-refractivity contribution >= 4 is 70.0 Å². The standard InChI is InChI=1S/C18H33N2O7P.C10H22NO5P.C9H18ClN2OP.C8H17NO3.C7H14O2.C6H10O2/c1-16(21)10-6-5-7-13-24-28(23,25-14-8-11-19)26-15-9-12-20-17(22)27-18(2,3)4;1-10(12)6-3-2-4-8-15-17(13,14)16-9-5-7-11;1-8(2)12(9(3)4)14(10)13-7-5-6-11;1-8(2,3)12-7(11)9-5-4-6-10;1-7(9)5-3-2-4-6-8;7-6-4-2-1-3-5-8-6/h5-10,12-15H2,1-4H3,(H,20,22);2-9,11H2,1H3,(H,13,14);8-9H,5,7H2,1-4H3;10H,4-6H2,1-3H3,(H,9,11);8H,2-6H2,1H3;1-5H2. The lowest BCUT2D eigenvalue weighted by Crippen LogP contribution is -2.50. The summed E-state index contributed by atoms with van der Waals surface area (Å²) in [6.07, 6.45) is 13.6. The van der Waals surface area contributed by atoms with Crippen LogP contribution in [-0.2, 0) is 69.7 Å². The number of ether oxygens (including phenoxy) is 3. The van der Waals surface area contributed by atoms with Gasteiger partial charge in [-0.15, -0.1) is 0 Å². The van der Waals surface area contributed by atoms with E-state index < -0.39 is 46.7 Å². The molecular weight excluding hydrogens is 1230 g/mol. The van der Waals surface area contributed by atoms with Crippen molar-refractivity contribution in [3.8, 4) is 12.1 Å². The number of halogens is 1. The Labute approximate surface area is 533 Å². The normalized spacial score (nSPS) is 13.7. The summed E-state index contributed by atoms with van der Waals surface area (Å²) in [5, 5.41) is 38.8. The number of unbranched alkanes of at least 4 members (excludes halogenated alkanes) is 6. The first-order valence-corrected chi connectivity index (χ1v) is 35.6. The molecule has 7 N–H and O–H groups in total. The molecule has 3 atom stereocenters. The highest BCUT2D eigenvalue weighted by atomic mass is 35.7. The largest absolute Gasteiger partial charge is 0.756 e. The van der Waals surface area contributed by atoms with Gasteiger partial charge in [0.2, 0.25) is 7.65 Å². The molecule has 0 bridgehead atoms. The second kappa shape index (κ2) is 61.3. The Hall–Kier alpha value is -3.26. The number of Topliss-reactive ketones (excluding diaryl/α,β-unsaturated/α-hetero) is 3. The van der Waals surface area contributed by atoms with Crippen LogP contribution in [0.5, 0.6) is 0 Å². The molecular formula is C58H114ClN6O20P3. The summed E-state index contributed by atoms with van der Waals surface area (Å²) in [7, 11) is -8.99. The van der Waals surface area contributed by atoms with Crippen LogP contribution in [0.2, 0.25) is 0 Å². The number of quaternary nitrogens is 1. The maximum atomic E-state index is 12.6. The van der Waals surface area contributed by atoms with Gasteiger partial charge in [0.25, 0.3) is 7.82 Å². The van der Waals surface area contributed by atoms with Crippen molar-refractivity contribution in [1.29, 1.82) is 10.5 Å². The van der Waals surface area contributed by atoms with E-state index in [1.807, 2.05) is 12.1 Å². The molecule has 1 saturated heterocycles. The van der Waals surface area contributed by atoms with Crippen LogP contribution >= 0.6 is 34.5 Å². The molecule has 88 heavy (non-hydrogen) atoms. The number of nitrogens with zero attached hydrogens (tertiary/aromatic N) is 3. The molecule has 1 aliphatic rings. The fourth-order valence-electron chi connectivity index (χ4n) is 6.29. The van der Waals surface area contributed by atoms with Crippen LogP contribution in [0.25, 0.3) is 0 Å². The number of carbonyl (C=O) groups excluding carboxylic acids is 6. The number of cyclic esters (lactones) is 1. The van der Waals surface area contributed by atoms with Crippen LogP contribution in [0.15, 0.2) is 0 Å². The minimum atomic E-state index is -4.13. The molecule has 518 valence electrons. The first-order chi connectivity index (χ1) is 41.2. The van der Waals surface area contributed by atoms with E-state index in [-0.39, 0.29) is 82.5 Å². The van der Waals surface area contributed by atoms with Gasteiger partial charge < -0.3 is 73.6 Å². The van der Waals surface area contributed by atoms with Crippen molar-refractivity contribution in [2.24, 2.45) is 0 Å². The van der Waals surface area contributed by atoms with E-state index in [4.69, 9.17) is 64.3 Å². The molecule has 1 aliphatic heterocycles. The topological polar surface area (TPSA) is 386 Å². The highest BCUT2D eigenvalue weighted by Crippen LogP contribution is 2.50. The number of phosphoric ester groups is 2. The quantitative estimate of drug-likeness (QED) is 0.0165. The maximum absolute atomic E-state index is 12.6. The zero-order chi connectivity index (χ0) is 68.3. The molecule has 0 aromatic carbocycles. The van der Waals surface area contributed by atoms with Crippen LogP contribution in [0.3, 0.4) is 0 Å². The Kier molecular flexibility index (Phi) is 65.1. The lowest BCUT2D eigenvalue weighted by Gasteiger charge is -2.32. The Bertz CT molecular complexity index is 1950. The maximum Gasteiger partial charge on any atom is 0.474 e. The first kappa shape index (κ1) is 93.5. The van der Waals surface area contributed by atoms with Gasteiger partial charge in [-0.2, -0.15) is 10.5 Å². The number of rotatable bonds is 40. The van der Waals surface area contributed by atoms with E-state index in [1.165, 1.54) is 0 Å². The zero-order valence-corrected chi connectivity index (χ0v) is 58.9. The second-order valence-corrected chi connectivity index (χ2v) is 27.4. The highest BCUT2D eigenvalue weighted by Gasteiger charge is 2.27. The van der Waals surface area contributed by atoms with Crippen LogP contribution in [-0.4, -0.2) is 153 Å². The number of alkyl carbamates (subject to hydrolysis) is 2. The molecule has 1 fully saturated rings. The number of ketones is 3. The number of hydrogen-bond acceptors (Lipinski definition) is 23. The molecule has 26 nitrogen and oxygen atoms in total. The lowest BCUT2D eigenvalue weighted by atomic mass is 10.1. The predicted octanol–water partition coefficient (Wildman–Crippen LogP) is 11.0. The average Bonchev–Trinajstić information content (AvgIpc) is 3.76. The van der Waals surface area contributed by atoms with Crippen molar-refractivity contribution < 1.29 is 100 Å². The Morgan fingerprint density at radius 1 is 0.636 bits per heavy atom. The van der Waals surface area contributed by atoms with E-state index in [1.54, 1.807) is 62.3 Å². The van der Waals surface area contributed by atoms with Crippen molar-refractivity contribution in [1.82, 2.24) is 15.3 Å². The molecule has 1 rings (SSSR count). The number of nitrogens with one attached hydrogen (secondary N) is 2. The number of amides is 2. The molecule has 3 unspecified atom stereocenters. The monoisotopic (exact) mass is 1340 g/mol. The number of phosphoric acid groups is 2. The summed E-state index contributed by atoms with van der Waals surface area (Å²) in [6, 6.07) is 4.64. The predicted molar refractivity (Wildman–Crippen MR) is 337 cm³/mol. The molecule has 0 aliphatic carbocycles. The van der Waals surface area contributed by atoms with Gasteiger partial charge >= 0.3 is 26.0 Å². The lowest BCUT2D eigenvalue weighted by molar-refractivity contribution is -0.369. The van der Waals surface area contributed by atoms with Crippen molar-refractivity contribution in [2.45, 2.75) is 248 Å². The number of aliphatic hydroxyl groups excluding tert-OH is 2. The minimum absolute atomic E-state index is 0.0255. The summed E-state index contributed by atoms with van der Waals surface area (Å²) in [5.41, 5.74) is 2.54. The van der Waals surface area contributed by atoms with Gasteiger partial charge in [-0.3, -0.25) is 22.9 Å². The van der Waals surface area contributed by atoms with E-state index in [0.29, 0.717) is 103 Å². The van der Waals surface area contributed by atoms with Crippen LogP contribution < -0.4 is 21.3 Å². The van der Waals surface area contributed by atoms with Crippen LogP contribution in [0, 0.1) is 22.7 Å². The molecule has 0 spiro atoms. The number of aliphatic hydroxyl groups is 2. The molecule has 0 aromatic heterocycles. The molecule has 30 heteroatoms. The second-order valence-electron chi connectivity index (χ2n) is 22.3. The smallest absolute Gasteiger partial charge is 0.474 e. The molecule has 0 radical (unpaired) electrons. The highest BCUT2D eigenvalue weighted by molar-refractivity contribution is 7.78. The van der Waals surface area contributed by atoms with Crippen molar-refractivity contribution in [3.63, 3.8) is 0 Å². The third-order valence-corrected chi connectivity index (χ3v) is 15.3. The van der Waals surface area contributed by atoms with Crippen molar-refractivity contribution in [3.05, 3.63) is 0 Å². The molecule has 2 amide bonds. The number of carbonyl (C=O) groups is 6. The Balaban J connectivity index is -0.000000331. The third-order valence-electron chi connectivity index (χ3n) is 10.3. The number of hydrogen-bond donors (Lipinski definition) is 5. The number of esters is 1. The summed E-state index contributed by atoms with van der Waals surface area (Å²) in [5.74, 6) is 0.502. The van der Waals surface area contributed by atoms with Crippen molar-refractivity contribution in [2.75, 3.05) is 79.1 Å². The van der Waals surface area contributed by atoms with Gasteiger partial charge in [0.15, 0.2) is 0 Å². The Morgan fingerprint density at radius 3 is 1.47 bits per heavy atom. The van der Waals surface area contributed by atoms with Crippen LogP contribution in [0.1, 0.15) is 225 Å². The average molecular weight is 1340 g/mol. The van der Waals surface area contributed by atoms with Gasteiger partial charge in [0.05, 0.1) is 77.8 Å². The van der Waals surface area contributed by atoms with Gasteiger partial charge in [-0.1, -0.05) is 19.3 Å². The van der Waals surface area contributed by atoms with E-state index >= 15 is 0 Å². The molecule has 0 aromatic rings. The first-order valence-electron chi connectivity index (χ1n) is 30.5.